The van der Waals surface area contributed by atoms with Crippen LogP contribution in [0.5, 0.6) is 0 Å². The zero-order chi connectivity index (χ0) is 11.0. The molecule has 84 valence electrons. The Morgan fingerprint density at radius 3 is 2.50 bits per heavy atom. The van der Waals surface area contributed by atoms with Crippen molar-refractivity contribution in [1.29, 1.82) is 0 Å². The van der Waals surface area contributed by atoms with E-state index in [9.17, 15) is 4.79 Å². The molecule has 1 aromatic carbocycles. The predicted octanol–water partition coefficient (Wildman–Crippen LogP) is 0.661. The maximum Gasteiger partial charge on any atom is 0.227 e. The molecule has 2 aliphatic heterocycles. The maximum atomic E-state index is 11.9. The summed E-state index contributed by atoms with van der Waals surface area (Å²) >= 11 is 0. The van der Waals surface area contributed by atoms with Crippen LogP contribution < -0.4 is 5.32 Å². The van der Waals surface area contributed by atoms with E-state index < -0.39 is 0 Å². The number of hydrogen-bond donors (Lipinski definition) is 1. The molecule has 3 heteroatoms. The van der Waals surface area contributed by atoms with E-state index in [0.717, 1.165) is 31.7 Å². The van der Waals surface area contributed by atoms with Crippen LogP contribution in [0.15, 0.2) is 30.3 Å². The molecule has 0 aliphatic carbocycles. The normalized spacial score (nSPS) is 21.4. The van der Waals surface area contributed by atoms with Gasteiger partial charge in [0, 0.05) is 31.6 Å². The molecule has 2 fully saturated rings. The van der Waals surface area contributed by atoms with Crippen molar-refractivity contribution < 1.29 is 4.79 Å². The molecule has 0 bridgehead atoms. The number of amides is 1. The number of benzene rings is 1. The fourth-order valence-corrected chi connectivity index (χ4v) is 2.52. The Labute approximate surface area is 95.4 Å². The number of nitrogens with one attached hydrogen (secondary N) is 1. The van der Waals surface area contributed by atoms with Crippen LogP contribution in [0.3, 0.4) is 0 Å². The molecule has 3 nitrogen and oxygen atoms in total. The van der Waals surface area contributed by atoms with Crippen molar-refractivity contribution in [3.05, 3.63) is 35.9 Å². The number of carbonyl (C=O) groups is 1. The van der Waals surface area contributed by atoms with E-state index in [2.05, 4.69) is 5.32 Å². The quantitative estimate of drug-likeness (QED) is 0.787. The Hall–Kier alpha value is -1.35. The Kier molecular flexibility index (Phi) is 2.21. The molecule has 16 heavy (non-hydrogen) atoms. The van der Waals surface area contributed by atoms with Gasteiger partial charge in [0.1, 0.15) is 0 Å². The van der Waals surface area contributed by atoms with Crippen LogP contribution in [-0.2, 0) is 11.2 Å². The molecular formula is C13H16N2O. The van der Waals surface area contributed by atoms with Crippen molar-refractivity contribution in [2.24, 2.45) is 5.41 Å². The summed E-state index contributed by atoms with van der Waals surface area (Å²) in [5.41, 5.74) is 1.55. The molecule has 2 aliphatic rings. The average molecular weight is 216 g/mol. The Balaban J connectivity index is 1.55. The van der Waals surface area contributed by atoms with Gasteiger partial charge in [-0.15, -0.1) is 0 Å². The average Bonchev–Trinajstić information content (AvgIpc) is 2.14. The minimum atomic E-state index is 0.267. The minimum Gasteiger partial charge on any atom is -0.341 e. The van der Waals surface area contributed by atoms with Crippen LogP contribution >= 0.6 is 0 Å². The number of rotatable bonds is 2. The molecule has 0 atom stereocenters. The van der Waals surface area contributed by atoms with Gasteiger partial charge in [0.2, 0.25) is 5.91 Å². The van der Waals surface area contributed by atoms with Gasteiger partial charge < -0.3 is 10.2 Å². The first-order valence-electron chi connectivity index (χ1n) is 5.80. The molecule has 1 N–H and O–H groups in total. The lowest BCUT2D eigenvalue weighted by Gasteiger charge is -2.56. The summed E-state index contributed by atoms with van der Waals surface area (Å²) in [6, 6.07) is 9.97. The largest absolute Gasteiger partial charge is 0.341 e. The van der Waals surface area contributed by atoms with Crippen LogP contribution in [0.1, 0.15) is 5.56 Å². The molecule has 1 amide bonds. The maximum absolute atomic E-state index is 11.9. The Morgan fingerprint density at radius 1 is 1.25 bits per heavy atom. The van der Waals surface area contributed by atoms with Crippen LogP contribution in [-0.4, -0.2) is 37.0 Å². The van der Waals surface area contributed by atoms with Crippen LogP contribution in [0.25, 0.3) is 0 Å². The third-order valence-corrected chi connectivity index (χ3v) is 3.60. The van der Waals surface area contributed by atoms with Crippen LogP contribution in [0, 0.1) is 5.41 Å². The first-order chi connectivity index (χ1) is 7.77. The lowest BCUT2D eigenvalue weighted by molar-refractivity contribution is -0.146. The Morgan fingerprint density at radius 2 is 1.94 bits per heavy atom. The first-order valence-corrected chi connectivity index (χ1v) is 5.80. The van der Waals surface area contributed by atoms with Gasteiger partial charge in [0.15, 0.2) is 0 Å². The van der Waals surface area contributed by atoms with Crippen molar-refractivity contribution in [1.82, 2.24) is 10.2 Å². The standard InChI is InChI=1S/C13H16N2O/c16-12(6-11-4-2-1-3-5-11)15-9-13(10-15)7-14-8-13/h1-5,14H,6-10H2. The molecule has 2 heterocycles. The van der Waals surface area contributed by atoms with E-state index in [-0.39, 0.29) is 5.91 Å². The summed E-state index contributed by atoms with van der Waals surface area (Å²) in [5, 5.41) is 3.28. The van der Waals surface area contributed by atoms with Crippen molar-refractivity contribution >= 4 is 5.91 Å². The highest BCUT2D eigenvalue weighted by molar-refractivity contribution is 5.79. The summed E-state index contributed by atoms with van der Waals surface area (Å²) in [6.45, 7) is 4.07. The molecular weight excluding hydrogens is 200 g/mol. The summed E-state index contributed by atoms with van der Waals surface area (Å²) in [4.78, 5) is 13.9. The van der Waals surface area contributed by atoms with Gasteiger partial charge >= 0.3 is 0 Å². The van der Waals surface area contributed by atoms with Gasteiger partial charge in [0.05, 0.1) is 6.42 Å². The number of likely N-dealkylation sites (tertiary alicyclic amines) is 1. The van der Waals surface area contributed by atoms with Gasteiger partial charge in [-0.25, -0.2) is 0 Å². The number of carbonyl (C=O) groups excluding carboxylic acids is 1. The minimum absolute atomic E-state index is 0.267. The highest BCUT2D eigenvalue weighted by Gasteiger charge is 2.48. The molecule has 1 aromatic rings. The second-order valence-corrected chi connectivity index (χ2v) is 5.02. The van der Waals surface area contributed by atoms with E-state index in [1.54, 1.807) is 0 Å². The third kappa shape index (κ3) is 1.61. The summed E-state index contributed by atoms with van der Waals surface area (Å²) in [6.07, 6.45) is 0.546. The third-order valence-electron chi connectivity index (χ3n) is 3.60. The molecule has 2 saturated heterocycles. The molecule has 0 aromatic heterocycles. The zero-order valence-electron chi connectivity index (χ0n) is 9.28. The summed E-state index contributed by atoms with van der Waals surface area (Å²) < 4.78 is 0. The fourth-order valence-electron chi connectivity index (χ4n) is 2.52. The van der Waals surface area contributed by atoms with Crippen molar-refractivity contribution in [3.63, 3.8) is 0 Å². The topological polar surface area (TPSA) is 32.3 Å². The highest BCUT2D eigenvalue weighted by Crippen LogP contribution is 2.34. The van der Waals surface area contributed by atoms with Gasteiger partial charge in [-0.1, -0.05) is 30.3 Å². The van der Waals surface area contributed by atoms with Gasteiger partial charge in [-0.3, -0.25) is 4.79 Å². The summed E-state index contributed by atoms with van der Waals surface area (Å²) in [7, 11) is 0. The van der Waals surface area contributed by atoms with E-state index in [4.69, 9.17) is 0 Å². The van der Waals surface area contributed by atoms with E-state index in [1.807, 2.05) is 35.2 Å². The number of hydrogen-bond acceptors (Lipinski definition) is 2. The smallest absolute Gasteiger partial charge is 0.227 e. The lowest BCUT2D eigenvalue weighted by Crippen LogP contribution is -2.72. The van der Waals surface area contributed by atoms with Gasteiger partial charge in [-0.05, 0) is 5.56 Å². The van der Waals surface area contributed by atoms with Crippen molar-refractivity contribution in [2.75, 3.05) is 26.2 Å². The second-order valence-electron chi connectivity index (χ2n) is 5.02. The van der Waals surface area contributed by atoms with Crippen LogP contribution in [0.4, 0.5) is 0 Å². The Bertz CT molecular complexity index is 390. The van der Waals surface area contributed by atoms with E-state index >= 15 is 0 Å². The molecule has 0 unspecified atom stereocenters. The first kappa shape index (κ1) is 9.85. The van der Waals surface area contributed by atoms with Gasteiger partial charge in [-0.2, -0.15) is 0 Å². The van der Waals surface area contributed by atoms with Crippen molar-refractivity contribution in [3.8, 4) is 0 Å². The van der Waals surface area contributed by atoms with E-state index in [0.29, 0.717) is 11.8 Å². The predicted molar refractivity (Wildman–Crippen MR) is 62.0 cm³/mol. The fraction of sp³-hybridized carbons (Fsp3) is 0.462. The van der Waals surface area contributed by atoms with Gasteiger partial charge in [0.25, 0.3) is 0 Å². The monoisotopic (exact) mass is 216 g/mol. The molecule has 0 saturated carbocycles. The SMILES string of the molecule is O=C(Cc1ccccc1)N1CC2(CNC2)C1. The lowest BCUT2D eigenvalue weighted by atomic mass is 9.74. The van der Waals surface area contributed by atoms with E-state index in [1.165, 1.54) is 0 Å². The molecule has 3 rings (SSSR count). The zero-order valence-corrected chi connectivity index (χ0v) is 9.28. The van der Waals surface area contributed by atoms with Crippen LogP contribution in [0.2, 0.25) is 0 Å². The molecule has 1 spiro atoms. The van der Waals surface area contributed by atoms with Crippen molar-refractivity contribution in [2.45, 2.75) is 6.42 Å². The second kappa shape index (κ2) is 3.59. The number of nitrogens with zero attached hydrogens (tertiary/aromatic N) is 1. The summed E-state index contributed by atoms with van der Waals surface area (Å²) in [5.74, 6) is 0.267. The molecule has 0 radical (unpaired) electrons. The highest BCUT2D eigenvalue weighted by atomic mass is 16.2.